The summed E-state index contributed by atoms with van der Waals surface area (Å²) >= 11 is 5.07. The van der Waals surface area contributed by atoms with E-state index in [1.54, 1.807) is 0 Å². The third-order valence-corrected chi connectivity index (χ3v) is 3.92. The maximum absolute atomic E-state index is 11.7. The van der Waals surface area contributed by atoms with Crippen LogP contribution in [-0.4, -0.2) is 44.3 Å². The molecule has 114 valence electrons. The molecule has 0 saturated carbocycles. The number of anilines is 1. The van der Waals surface area contributed by atoms with Gasteiger partial charge in [-0.3, -0.25) is 4.79 Å². The summed E-state index contributed by atoms with van der Waals surface area (Å²) in [5.41, 5.74) is 1.66. The van der Waals surface area contributed by atoms with Crippen LogP contribution in [0, 0.1) is 4.51 Å². The fourth-order valence-electron chi connectivity index (χ4n) is 2.22. The molecule has 1 aromatic carbocycles. The molecule has 20 heavy (non-hydrogen) atoms. The average molecular weight is 298 g/mol. The first-order valence-corrected chi connectivity index (χ1v) is 7.80. The fourth-order valence-corrected chi connectivity index (χ4v) is 2.66. The Bertz CT molecular complexity index is 474. The van der Waals surface area contributed by atoms with Gasteiger partial charge >= 0.3 is 0 Å². The van der Waals surface area contributed by atoms with Crippen molar-refractivity contribution in [3.63, 3.8) is 0 Å². The fraction of sp³-hybridized carbons (Fsp3) is 0.733. The molecule has 0 aliphatic carbocycles. The van der Waals surface area contributed by atoms with Crippen LogP contribution in [0.5, 0.6) is 0 Å². The summed E-state index contributed by atoms with van der Waals surface area (Å²) in [6.07, 6.45) is 0. The molecule has 0 aromatic heterocycles. The van der Waals surface area contributed by atoms with Crippen molar-refractivity contribution in [3.05, 3.63) is 20.3 Å². The maximum atomic E-state index is 11.7. The zero-order valence-corrected chi connectivity index (χ0v) is 13.8. The van der Waals surface area contributed by atoms with E-state index in [1.165, 1.54) is 0 Å². The molecule has 0 heterocycles. The maximum Gasteiger partial charge on any atom is 0.220 e. The highest BCUT2D eigenvalue weighted by Crippen LogP contribution is 2.25. The molecule has 1 aromatic rings. The average Bonchev–Trinajstić information content (AvgIpc) is 2.44. The summed E-state index contributed by atoms with van der Waals surface area (Å²) in [5.74, 6) is 0.297. The largest absolute Gasteiger partial charge is 0.379 e. The molecule has 0 saturated heterocycles. The van der Waals surface area contributed by atoms with Gasteiger partial charge in [-0.2, -0.15) is 0 Å². The Morgan fingerprint density at radius 3 is 2.45 bits per heavy atom. The lowest BCUT2D eigenvalue weighted by Gasteiger charge is -2.19. The lowest BCUT2D eigenvalue weighted by atomic mass is 9.97. The van der Waals surface area contributed by atoms with Gasteiger partial charge in [0.1, 0.15) is 0 Å². The smallest absolute Gasteiger partial charge is 0.220 e. The highest BCUT2D eigenvalue weighted by Gasteiger charge is 2.19. The minimum atomic E-state index is -0.0214. The second-order valence-electron chi connectivity index (χ2n) is 5.17. The Labute approximate surface area is 126 Å². The predicted molar refractivity (Wildman–Crippen MR) is 87.1 cm³/mol. The number of nitrogens with one attached hydrogen (secondary N) is 1. The van der Waals surface area contributed by atoms with Gasteiger partial charge < -0.3 is 15.0 Å². The van der Waals surface area contributed by atoms with Crippen LogP contribution in [0.3, 0.4) is 0 Å². The first-order chi connectivity index (χ1) is 9.52. The monoisotopic (exact) mass is 298 g/mol. The molecule has 1 N–H and O–H groups in total. The van der Waals surface area contributed by atoms with E-state index < -0.39 is 0 Å². The van der Waals surface area contributed by atoms with Gasteiger partial charge in [0.2, 0.25) is 5.43 Å². The molecule has 0 atom stereocenters. The van der Waals surface area contributed by atoms with E-state index in [1.807, 2.05) is 0 Å². The van der Waals surface area contributed by atoms with Crippen LogP contribution in [0.4, 0.5) is 5.69 Å². The van der Waals surface area contributed by atoms with Crippen LogP contribution in [0.2, 0.25) is 0 Å². The third-order valence-electron chi connectivity index (χ3n) is 3.52. The molecule has 0 fully saturated rings. The molecule has 0 unspecified atom stereocenters. The van der Waals surface area contributed by atoms with Gasteiger partial charge in [0.05, 0.1) is 23.4 Å². The van der Waals surface area contributed by atoms with Crippen molar-refractivity contribution in [1.82, 2.24) is 4.90 Å². The third kappa shape index (κ3) is 4.36. The van der Waals surface area contributed by atoms with Crippen LogP contribution in [-0.2, 0) is 4.74 Å². The van der Waals surface area contributed by atoms with Gasteiger partial charge in [0, 0.05) is 18.7 Å². The molecule has 0 spiro atoms. The minimum Gasteiger partial charge on any atom is -0.379 e. The second-order valence-corrected chi connectivity index (χ2v) is 5.58. The van der Waals surface area contributed by atoms with E-state index in [4.69, 9.17) is 17.0 Å². The summed E-state index contributed by atoms with van der Waals surface area (Å²) in [7, 11) is 0. The number of likely N-dealkylation sites (N-methyl/N-ethyl adjacent to an activating group) is 1. The standard InChI is InChI=1S/C15H26N2O2S/c1-5-17(6-2)8-10-19-9-7-16-13-12(11(3)4)15(20)14(13)18/h11,16H,5-10H2,1-4H3. The van der Waals surface area contributed by atoms with Crippen molar-refractivity contribution in [2.24, 2.45) is 0 Å². The molecule has 1 rings (SSSR count). The van der Waals surface area contributed by atoms with Crippen LogP contribution in [0.15, 0.2) is 4.79 Å². The predicted octanol–water partition coefficient (Wildman–Crippen LogP) is 2.55. The summed E-state index contributed by atoms with van der Waals surface area (Å²) in [4.78, 5) is 14.0. The van der Waals surface area contributed by atoms with E-state index in [2.05, 4.69) is 37.9 Å². The topological polar surface area (TPSA) is 41.6 Å². The SMILES string of the molecule is CCN(CC)CCOCCNc1c(C(C)C)c(=S)c1=O. The Morgan fingerprint density at radius 1 is 1.25 bits per heavy atom. The molecule has 4 nitrogen and oxygen atoms in total. The van der Waals surface area contributed by atoms with Crippen molar-refractivity contribution in [1.29, 1.82) is 0 Å². The first-order valence-electron chi connectivity index (χ1n) is 7.40. The van der Waals surface area contributed by atoms with Gasteiger partial charge in [-0.05, 0) is 19.0 Å². The van der Waals surface area contributed by atoms with Gasteiger partial charge in [-0.25, -0.2) is 0 Å². The number of hydrogen-bond acceptors (Lipinski definition) is 5. The van der Waals surface area contributed by atoms with Crippen LogP contribution in [0.25, 0.3) is 0 Å². The Balaban J connectivity index is 2.24. The Kier molecular flexibility index (Phi) is 7.34. The molecule has 0 aliphatic rings. The Hall–Kier alpha value is -0.780. The lowest BCUT2D eigenvalue weighted by molar-refractivity contribution is 0.114. The number of rotatable bonds is 10. The minimum absolute atomic E-state index is 0.0214. The summed E-state index contributed by atoms with van der Waals surface area (Å²) < 4.78 is 6.06. The first kappa shape index (κ1) is 17.3. The lowest BCUT2D eigenvalue weighted by Crippen LogP contribution is -2.28. The summed E-state index contributed by atoms with van der Waals surface area (Å²) in [6, 6.07) is 0. The van der Waals surface area contributed by atoms with E-state index in [0.29, 0.717) is 29.3 Å². The second kappa shape index (κ2) is 8.49. The number of hydrogen-bond donors (Lipinski definition) is 1. The zero-order valence-electron chi connectivity index (χ0n) is 13.0. The van der Waals surface area contributed by atoms with Crippen molar-refractivity contribution in [3.8, 4) is 0 Å². The van der Waals surface area contributed by atoms with Gasteiger partial charge in [-0.15, -0.1) is 0 Å². The van der Waals surface area contributed by atoms with Gasteiger partial charge in [-0.1, -0.05) is 39.9 Å². The van der Waals surface area contributed by atoms with Crippen molar-refractivity contribution in [2.75, 3.05) is 44.7 Å². The molecular weight excluding hydrogens is 272 g/mol. The van der Waals surface area contributed by atoms with Gasteiger partial charge in [0.25, 0.3) is 0 Å². The van der Waals surface area contributed by atoms with E-state index in [9.17, 15) is 4.79 Å². The number of ether oxygens (including phenoxy) is 1. The van der Waals surface area contributed by atoms with Crippen molar-refractivity contribution < 1.29 is 4.74 Å². The molecule has 5 heteroatoms. The number of nitrogens with zero attached hydrogens (tertiary/aromatic N) is 1. The quantitative estimate of drug-likeness (QED) is 0.531. The highest BCUT2D eigenvalue weighted by atomic mass is 32.1. The van der Waals surface area contributed by atoms with E-state index in [-0.39, 0.29) is 5.43 Å². The van der Waals surface area contributed by atoms with Crippen LogP contribution >= 0.6 is 12.2 Å². The van der Waals surface area contributed by atoms with Crippen LogP contribution in [0.1, 0.15) is 39.2 Å². The molecule has 0 aliphatic heterocycles. The molecular formula is C15H26N2O2S. The summed E-state index contributed by atoms with van der Waals surface area (Å²) in [5, 5.41) is 3.15. The van der Waals surface area contributed by atoms with E-state index in [0.717, 1.165) is 31.8 Å². The molecule has 0 bridgehead atoms. The van der Waals surface area contributed by atoms with Crippen molar-refractivity contribution in [2.45, 2.75) is 33.6 Å². The van der Waals surface area contributed by atoms with Crippen LogP contribution < -0.4 is 10.7 Å². The van der Waals surface area contributed by atoms with E-state index >= 15 is 0 Å². The van der Waals surface area contributed by atoms with Crippen molar-refractivity contribution >= 4 is 17.9 Å². The Morgan fingerprint density at radius 2 is 1.90 bits per heavy atom. The van der Waals surface area contributed by atoms with Gasteiger partial charge in [0.15, 0.2) is 0 Å². The summed E-state index contributed by atoms with van der Waals surface area (Å²) in [6.45, 7) is 13.4. The zero-order chi connectivity index (χ0) is 15.1. The molecule has 0 radical (unpaired) electrons. The molecule has 0 amide bonds. The normalized spacial score (nSPS) is 11.7. The highest BCUT2D eigenvalue weighted by molar-refractivity contribution is 7.71.